The molecule has 0 amide bonds. The number of rotatable bonds is 3. The lowest BCUT2D eigenvalue weighted by Crippen LogP contribution is -1.98. The van der Waals surface area contributed by atoms with E-state index in [4.69, 9.17) is 10.4 Å². The minimum absolute atomic E-state index is 0.0522. The second kappa shape index (κ2) is 4.49. The van der Waals surface area contributed by atoms with Gasteiger partial charge in [-0.1, -0.05) is 0 Å². The summed E-state index contributed by atoms with van der Waals surface area (Å²) in [6.45, 7) is 0.384. The van der Waals surface area contributed by atoms with Gasteiger partial charge in [-0.15, -0.1) is 0 Å². The summed E-state index contributed by atoms with van der Waals surface area (Å²) in [6, 6.07) is 10.5. The predicted molar refractivity (Wildman–Crippen MR) is 62.6 cm³/mol. The lowest BCUT2D eigenvalue weighted by Gasteiger charge is -2.04. The third-order valence-corrected chi connectivity index (χ3v) is 2.36. The summed E-state index contributed by atoms with van der Waals surface area (Å²) in [4.78, 5) is 2.39. The number of aromatic amines is 1. The van der Waals surface area contributed by atoms with Crippen molar-refractivity contribution in [3.05, 3.63) is 41.5 Å². The van der Waals surface area contributed by atoms with Crippen molar-refractivity contribution in [2.75, 3.05) is 5.32 Å². The van der Waals surface area contributed by atoms with Gasteiger partial charge in [0.05, 0.1) is 11.6 Å². The van der Waals surface area contributed by atoms with Gasteiger partial charge >= 0.3 is 0 Å². The van der Waals surface area contributed by atoms with Crippen LogP contribution in [0.25, 0.3) is 0 Å². The molecule has 0 saturated heterocycles. The average Bonchev–Trinajstić information content (AvgIpc) is 2.66. The SMILES string of the molecule is N#Cc1ccc(NCc2cc(O)[nH]c2O)cc1. The van der Waals surface area contributed by atoms with E-state index in [0.29, 0.717) is 17.7 Å². The number of nitrogens with zero attached hydrogens (tertiary/aromatic N) is 1. The van der Waals surface area contributed by atoms with Crippen LogP contribution in [-0.2, 0) is 6.54 Å². The van der Waals surface area contributed by atoms with Crippen LogP contribution in [0.3, 0.4) is 0 Å². The third-order valence-electron chi connectivity index (χ3n) is 2.36. The monoisotopic (exact) mass is 229 g/mol. The van der Waals surface area contributed by atoms with E-state index >= 15 is 0 Å². The molecule has 0 aliphatic rings. The zero-order valence-electron chi connectivity index (χ0n) is 8.94. The summed E-state index contributed by atoms with van der Waals surface area (Å²) < 4.78 is 0. The molecule has 0 radical (unpaired) electrons. The molecule has 2 rings (SSSR count). The van der Waals surface area contributed by atoms with Gasteiger partial charge in [-0.3, -0.25) is 4.98 Å². The Kier molecular flexibility index (Phi) is 2.88. The molecular weight excluding hydrogens is 218 g/mol. The van der Waals surface area contributed by atoms with Gasteiger partial charge in [0.1, 0.15) is 0 Å². The van der Waals surface area contributed by atoms with Crippen LogP contribution in [0.15, 0.2) is 30.3 Å². The first-order valence-corrected chi connectivity index (χ1v) is 5.03. The second-order valence-electron chi connectivity index (χ2n) is 3.57. The molecule has 0 spiro atoms. The molecule has 0 unspecified atom stereocenters. The summed E-state index contributed by atoms with van der Waals surface area (Å²) in [5.74, 6) is -0.122. The summed E-state index contributed by atoms with van der Waals surface area (Å²) in [5, 5.41) is 30.2. The Balaban J connectivity index is 2.02. The van der Waals surface area contributed by atoms with Crippen molar-refractivity contribution in [3.8, 4) is 17.8 Å². The predicted octanol–water partition coefficient (Wildman–Crippen LogP) is 1.91. The summed E-state index contributed by atoms with van der Waals surface area (Å²) in [5.41, 5.74) is 2.01. The number of aromatic hydroxyl groups is 2. The van der Waals surface area contributed by atoms with Crippen molar-refractivity contribution in [3.63, 3.8) is 0 Å². The van der Waals surface area contributed by atoms with E-state index in [1.54, 1.807) is 24.3 Å². The summed E-state index contributed by atoms with van der Waals surface area (Å²) in [6.07, 6.45) is 0. The van der Waals surface area contributed by atoms with Gasteiger partial charge in [0.25, 0.3) is 0 Å². The van der Waals surface area contributed by atoms with Crippen LogP contribution in [-0.4, -0.2) is 15.2 Å². The number of nitrogens with one attached hydrogen (secondary N) is 2. The molecule has 17 heavy (non-hydrogen) atoms. The Morgan fingerprint density at radius 2 is 1.94 bits per heavy atom. The van der Waals surface area contributed by atoms with Gasteiger partial charge in [-0.05, 0) is 24.3 Å². The molecule has 0 saturated carbocycles. The van der Waals surface area contributed by atoms with Gasteiger partial charge < -0.3 is 15.5 Å². The molecule has 5 nitrogen and oxygen atoms in total. The van der Waals surface area contributed by atoms with E-state index in [-0.39, 0.29) is 11.8 Å². The molecule has 0 fully saturated rings. The summed E-state index contributed by atoms with van der Waals surface area (Å²) >= 11 is 0. The molecule has 0 bridgehead atoms. The number of H-pyrrole nitrogens is 1. The molecule has 5 heteroatoms. The first kappa shape index (κ1) is 10.9. The Bertz CT molecular complexity index is 552. The normalized spacial score (nSPS) is 9.82. The van der Waals surface area contributed by atoms with E-state index in [1.807, 2.05) is 6.07 Å². The molecule has 4 N–H and O–H groups in total. The van der Waals surface area contributed by atoms with Crippen molar-refractivity contribution in [1.82, 2.24) is 4.98 Å². The second-order valence-corrected chi connectivity index (χ2v) is 3.57. The lowest BCUT2D eigenvalue weighted by atomic mass is 10.2. The lowest BCUT2D eigenvalue weighted by molar-refractivity contribution is 0.423. The van der Waals surface area contributed by atoms with Crippen molar-refractivity contribution in [1.29, 1.82) is 5.26 Å². The number of aromatic nitrogens is 1. The topological polar surface area (TPSA) is 92.1 Å². The minimum Gasteiger partial charge on any atom is -0.495 e. The van der Waals surface area contributed by atoms with Gasteiger partial charge in [-0.25, -0.2) is 0 Å². The van der Waals surface area contributed by atoms with Crippen LogP contribution >= 0.6 is 0 Å². The van der Waals surface area contributed by atoms with Crippen molar-refractivity contribution in [2.24, 2.45) is 0 Å². The number of hydrogen-bond donors (Lipinski definition) is 4. The minimum atomic E-state index is -0.0703. The zero-order chi connectivity index (χ0) is 12.3. The van der Waals surface area contributed by atoms with Crippen LogP contribution in [0.1, 0.15) is 11.1 Å². The van der Waals surface area contributed by atoms with Crippen LogP contribution in [0.4, 0.5) is 5.69 Å². The van der Waals surface area contributed by atoms with Gasteiger partial charge in [-0.2, -0.15) is 5.26 Å². The Labute approximate surface area is 98.0 Å². The third kappa shape index (κ3) is 2.49. The highest BCUT2D eigenvalue weighted by molar-refractivity contribution is 5.48. The zero-order valence-corrected chi connectivity index (χ0v) is 8.94. The Morgan fingerprint density at radius 3 is 2.47 bits per heavy atom. The smallest absolute Gasteiger partial charge is 0.196 e. The fraction of sp³-hybridized carbons (Fsp3) is 0.0833. The van der Waals surface area contributed by atoms with E-state index in [2.05, 4.69) is 10.3 Å². The van der Waals surface area contributed by atoms with E-state index < -0.39 is 0 Å². The largest absolute Gasteiger partial charge is 0.495 e. The molecule has 2 aromatic rings. The summed E-state index contributed by atoms with van der Waals surface area (Å²) in [7, 11) is 0. The maximum absolute atomic E-state index is 9.39. The first-order valence-electron chi connectivity index (χ1n) is 5.03. The fourth-order valence-corrected chi connectivity index (χ4v) is 1.47. The molecule has 0 aliphatic heterocycles. The van der Waals surface area contributed by atoms with Crippen molar-refractivity contribution < 1.29 is 10.2 Å². The molecule has 0 atom stereocenters. The van der Waals surface area contributed by atoms with Gasteiger partial charge in [0, 0.05) is 23.9 Å². The average molecular weight is 229 g/mol. The maximum Gasteiger partial charge on any atom is 0.196 e. The van der Waals surface area contributed by atoms with Gasteiger partial charge in [0.15, 0.2) is 11.8 Å². The maximum atomic E-state index is 9.39. The standard InChI is InChI=1S/C12H11N3O2/c13-6-8-1-3-10(4-2-8)14-7-9-5-11(16)15-12(9)17/h1-5,14-17H,7H2. The van der Waals surface area contributed by atoms with E-state index in [9.17, 15) is 5.11 Å². The highest BCUT2D eigenvalue weighted by Crippen LogP contribution is 2.22. The number of nitriles is 1. The molecule has 86 valence electrons. The number of anilines is 1. The van der Waals surface area contributed by atoms with Crippen LogP contribution in [0.5, 0.6) is 11.8 Å². The van der Waals surface area contributed by atoms with Crippen LogP contribution in [0, 0.1) is 11.3 Å². The highest BCUT2D eigenvalue weighted by atomic mass is 16.3. The van der Waals surface area contributed by atoms with Crippen molar-refractivity contribution in [2.45, 2.75) is 6.54 Å². The number of benzene rings is 1. The molecule has 0 aliphatic carbocycles. The molecule has 1 heterocycles. The highest BCUT2D eigenvalue weighted by Gasteiger charge is 2.05. The molecule has 1 aromatic heterocycles. The number of hydrogen-bond acceptors (Lipinski definition) is 4. The Hall–Kier alpha value is -2.61. The van der Waals surface area contributed by atoms with E-state index in [1.165, 1.54) is 6.07 Å². The van der Waals surface area contributed by atoms with E-state index in [0.717, 1.165) is 5.69 Å². The molecular formula is C12H11N3O2. The van der Waals surface area contributed by atoms with Crippen molar-refractivity contribution >= 4 is 5.69 Å². The molecule has 1 aromatic carbocycles. The fourth-order valence-electron chi connectivity index (χ4n) is 1.47. The first-order chi connectivity index (χ1) is 8.19. The van der Waals surface area contributed by atoms with Crippen LogP contribution < -0.4 is 5.32 Å². The Morgan fingerprint density at radius 1 is 1.24 bits per heavy atom. The van der Waals surface area contributed by atoms with Crippen LogP contribution in [0.2, 0.25) is 0 Å². The van der Waals surface area contributed by atoms with Gasteiger partial charge in [0.2, 0.25) is 0 Å². The quantitative estimate of drug-likeness (QED) is 0.647.